The molecule has 0 radical (unpaired) electrons. The molecule has 3 nitrogen and oxygen atoms in total. The Bertz CT molecular complexity index is 667. The predicted molar refractivity (Wildman–Crippen MR) is 70.2 cm³/mol. The fourth-order valence-corrected chi connectivity index (χ4v) is 2.88. The fraction of sp³-hybridized carbons (Fsp3) is 0.400. The quantitative estimate of drug-likeness (QED) is 0.826. The minimum Gasteiger partial charge on any atom is -0.508 e. The van der Waals surface area contributed by atoms with E-state index in [1.807, 2.05) is 13.0 Å². The van der Waals surface area contributed by atoms with Crippen molar-refractivity contribution < 1.29 is 9.52 Å². The molecule has 3 heteroatoms. The van der Waals surface area contributed by atoms with Crippen molar-refractivity contribution in [2.24, 2.45) is 0 Å². The van der Waals surface area contributed by atoms with Gasteiger partial charge in [-0.1, -0.05) is 13.3 Å². The van der Waals surface area contributed by atoms with Crippen LogP contribution >= 0.6 is 0 Å². The number of aromatic hydroxyl groups is 1. The summed E-state index contributed by atoms with van der Waals surface area (Å²) < 4.78 is 5.45. The van der Waals surface area contributed by atoms with Gasteiger partial charge in [0.25, 0.3) is 0 Å². The molecule has 94 valence electrons. The summed E-state index contributed by atoms with van der Waals surface area (Å²) in [5.74, 6) is 0.227. The largest absolute Gasteiger partial charge is 0.508 e. The van der Waals surface area contributed by atoms with Crippen molar-refractivity contribution in [3.05, 3.63) is 39.2 Å². The van der Waals surface area contributed by atoms with Gasteiger partial charge in [-0.2, -0.15) is 0 Å². The van der Waals surface area contributed by atoms with E-state index >= 15 is 0 Å². The van der Waals surface area contributed by atoms with Gasteiger partial charge in [-0.15, -0.1) is 0 Å². The Hall–Kier alpha value is -1.77. The van der Waals surface area contributed by atoms with Crippen molar-refractivity contribution in [1.82, 2.24) is 0 Å². The first-order valence-corrected chi connectivity index (χ1v) is 6.51. The van der Waals surface area contributed by atoms with Crippen molar-refractivity contribution in [2.75, 3.05) is 0 Å². The second-order valence-corrected chi connectivity index (χ2v) is 4.89. The van der Waals surface area contributed by atoms with E-state index in [2.05, 4.69) is 0 Å². The molecule has 0 bridgehead atoms. The van der Waals surface area contributed by atoms with Crippen LogP contribution in [0.1, 0.15) is 36.5 Å². The van der Waals surface area contributed by atoms with Gasteiger partial charge in [0, 0.05) is 16.5 Å². The molecule has 0 aliphatic heterocycles. The molecule has 0 unspecified atom stereocenters. The topological polar surface area (TPSA) is 50.4 Å². The summed E-state index contributed by atoms with van der Waals surface area (Å²) in [5.41, 5.74) is 3.08. The van der Waals surface area contributed by atoms with Crippen LogP contribution in [-0.2, 0) is 19.3 Å². The van der Waals surface area contributed by atoms with Crippen LogP contribution in [0.2, 0.25) is 0 Å². The molecule has 3 rings (SSSR count). The van der Waals surface area contributed by atoms with Crippen LogP contribution in [-0.4, -0.2) is 5.11 Å². The molecular formula is C15H16O3. The number of hydrogen-bond donors (Lipinski definition) is 1. The summed E-state index contributed by atoms with van der Waals surface area (Å²) in [6, 6.07) is 3.59. The Morgan fingerprint density at radius 3 is 2.83 bits per heavy atom. The van der Waals surface area contributed by atoms with E-state index in [4.69, 9.17) is 4.42 Å². The average molecular weight is 244 g/mol. The Balaban J connectivity index is 2.39. The normalized spacial score (nSPS) is 14.1. The molecule has 0 fully saturated rings. The predicted octanol–water partition coefficient (Wildman–Crippen LogP) is 2.94. The number of fused-ring (bicyclic) bond motifs is 3. The van der Waals surface area contributed by atoms with Gasteiger partial charge in [-0.05, 0) is 43.4 Å². The molecule has 1 aromatic heterocycles. The maximum absolute atomic E-state index is 11.9. The van der Waals surface area contributed by atoms with Gasteiger partial charge in [0.2, 0.25) is 0 Å². The van der Waals surface area contributed by atoms with E-state index in [0.29, 0.717) is 5.58 Å². The number of rotatable bonds is 2. The van der Waals surface area contributed by atoms with Crippen LogP contribution in [0.5, 0.6) is 5.75 Å². The van der Waals surface area contributed by atoms with Crippen LogP contribution in [0.25, 0.3) is 11.0 Å². The second-order valence-electron chi connectivity index (χ2n) is 4.89. The first kappa shape index (κ1) is 11.3. The van der Waals surface area contributed by atoms with Gasteiger partial charge >= 0.3 is 5.63 Å². The lowest BCUT2D eigenvalue weighted by atomic mass is 10.0. The van der Waals surface area contributed by atoms with Crippen molar-refractivity contribution in [1.29, 1.82) is 0 Å². The highest BCUT2D eigenvalue weighted by Gasteiger charge is 2.21. The Labute approximate surface area is 105 Å². The Morgan fingerprint density at radius 1 is 1.28 bits per heavy atom. The van der Waals surface area contributed by atoms with E-state index < -0.39 is 0 Å². The molecule has 1 aromatic carbocycles. The first-order chi connectivity index (χ1) is 8.72. The summed E-state index contributed by atoms with van der Waals surface area (Å²) in [4.78, 5) is 11.9. The minimum absolute atomic E-state index is 0.224. The molecule has 2 aromatic rings. The first-order valence-electron chi connectivity index (χ1n) is 6.51. The lowest BCUT2D eigenvalue weighted by Gasteiger charge is -2.09. The van der Waals surface area contributed by atoms with Gasteiger partial charge in [0.1, 0.15) is 11.3 Å². The highest BCUT2D eigenvalue weighted by molar-refractivity contribution is 5.86. The number of phenolic OH excluding ortho intramolecular Hbond substituents is 1. The molecular weight excluding hydrogens is 228 g/mol. The highest BCUT2D eigenvalue weighted by Crippen LogP contribution is 2.33. The van der Waals surface area contributed by atoms with Crippen molar-refractivity contribution in [2.45, 2.75) is 39.0 Å². The molecule has 1 heterocycles. The zero-order valence-corrected chi connectivity index (χ0v) is 10.5. The van der Waals surface area contributed by atoms with E-state index in [0.717, 1.165) is 54.2 Å². The van der Waals surface area contributed by atoms with Gasteiger partial charge in [0.15, 0.2) is 0 Å². The summed E-state index contributed by atoms with van der Waals surface area (Å²) in [6.45, 7) is 2.05. The van der Waals surface area contributed by atoms with Crippen LogP contribution in [0.3, 0.4) is 0 Å². The van der Waals surface area contributed by atoms with E-state index in [9.17, 15) is 9.90 Å². The van der Waals surface area contributed by atoms with Gasteiger partial charge in [0.05, 0.1) is 0 Å². The van der Waals surface area contributed by atoms with Crippen LogP contribution in [0, 0.1) is 0 Å². The van der Waals surface area contributed by atoms with Gasteiger partial charge in [-0.3, -0.25) is 0 Å². The number of benzene rings is 1. The average Bonchev–Trinajstić information content (AvgIpc) is 2.83. The maximum Gasteiger partial charge on any atom is 0.339 e. The molecule has 1 aliphatic rings. The third kappa shape index (κ3) is 1.54. The Morgan fingerprint density at radius 2 is 2.06 bits per heavy atom. The second kappa shape index (κ2) is 4.16. The maximum atomic E-state index is 11.9. The number of phenols is 1. The van der Waals surface area contributed by atoms with Gasteiger partial charge in [-0.25, -0.2) is 4.79 Å². The van der Waals surface area contributed by atoms with Crippen molar-refractivity contribution in [3.8, 4) is 5.75 Å². The van der Waals surface area contributed by atoms with Gasteiger partial charge < -0.3 is 9.52 Å². The third-order valence-electron chi connectivity index (χ3n) is 3.72. The zero-order valence-electron chi connectivity index (χ0n) is 10.5. The fourth-order valence-electron chi connectivity index (χ4n) is 2.88. The third-order valence-corrected chi connectivity index (χ3v) is 3.72. The van der Waals surface area contributed by atoms with E-state index in [1.165, 1.54) is 0 Å². The monoisotopic (exact) mass is 244 g/mol. The van der Waals surface area contributed by atoms with Crippen molar-refractivity contribution >= 4 is 11.0 Å². The number of hydrogen-bond acceptors (Lipinski definition) is 3. The van der Waals surface area contributed by atoms with Crippen LogP contribution < -0.4 is 5.63 Å². The molecule has 1 aliphatic carbocycles. The summed E-state index contributed by atoms with van der Waals surface area (Å²) in [7, 11) is 0. The zero-order chi connectivity index (χ0) is 12.7. The van der Waals surface area contributed by atoms with Crippen LogP contribution in [0.4, 0.5) is 0 Å². The number of aryl methyl sites for hydroxylation is 2. The summed E-state index contributed by atoms with van der Waals surface area (Å²) in [5, 5.41) is 10.9. The SMILES string of the molecule is CCCc1c(O)ccc2c3c(c(=O)oc12)CCC3. The smallest absolute Gasteiger partial charge is 0.339 e. The van der Waals surface area contributed by atoms with E-state index in [1.54, 1.807) is 6.07 Å². The minimum atomic E-state index is -0.224. The standard InChI is InChI=1S/C15H16O3/c1-2-4-12-13(16)8-7-10-9-5-3-6-11(9)15(17)18-14(10)12/h7-8,16H,2-6H2,1H3. The highest BCUT2D eigenvalue weighted by atomic mass is 16.4. The molecule has 0 saturated carbocycles. The lowest BCUT2D eigenvalue weighted by molar-refractivity contribution is 0.464. The van der Waals surface area contributed by atoms with E-state index in [-0.39, 0.29) is 11.4 Å². The Kier molecular flexibility index (Phi) is 2.62. The summed E-state index contributed by atoms with van der Waals surface area (Å²) in [6.07, 6.45) is 4.41. The molecule has 1 N–H and O–H groups in total. The van der Waals surface area contributed by atoms with Crippen LogP contribution in [0.15, 0.2) is 21.3 Å². The molecule has 0 atom stereocenters. The summed E-state index contributed by atoms with van der Waals surface area (Å²) >= 11 is 0. The lowest BCUT2D eigenvalue weighted by Crippen LogP contribution is -2.07. The molecule has 0 saturated heterocycles. The molecule has 18 heavy (non-hydrogen) atoms. The molecule has 0 amide bonds. The van der Waals surface area contributed by atoms with Crippen molar-refractivity contribution in [3.63, 3.8) is 0 Å². The molecule has 0 spiro atoms.